The predicted octanol–water partition coefficient (Wildman–Crippen LogP) is 2.28. The van der Waals surface area contributed by atoms with Gasteiger partial charge in [0.1, 0.15) is 5.82 Å². The van der Waals surface area contributed by atoms with Gasteiger partial charge in [-0.1, -0.05) is 0 Å². The molecule has 1 saturated carbocycles. The van der Waals surface area contributed by atoms with Gasteiger partial charge in [0.2, 0.25) is 5.91 Å². The van der Waals surface area contributed by atoms with Crippen molar-refractivity contribution in [3.63, 3.8) is 0 Å². The van der Waals surface area contributed by atoms with Gasteiger partial charge in [-0.2, -0.15) is 13.2 Å². The first-order chi connectivity index (χ1) is 13.2. The Labute approximate surface area is 162 Å². The highest BCUT2D eigenvalue weighted by Gasteiger charge is 2.47. The lowest BCUT2D eigenvalue weighted by molar-refractivity contribution is -0.146. The summed E-state index contributed by atoms with van der Waals surface area (Å²) in [6.45, 7) is 4.58. The minimum absolute atomic E-state index is 0.00000321. The van der Waals surface area contributed by atoms with Gasteiger partial charge in [0.25, 0.3) is 0 Å². The van der Waals surface area contributed by atoms with Gasteiger partial charge in [-0.15, -0.1) is 0 Å². The summed E-state index contributed by atoms with van der Waals surface area (Å²) in [4.78, 5) is 20.9. The summed E-state index contributed by atoms with van der Waals surface area (Å²) in [7, 11) is 0. The topological polar surface area (TPSA) is 71.7 Å². The second-order valence-corrected chi connectivity index (χ2v) is 7.60. The highest BCUT2D eigenvalue weighted by atomic mass is 19.4. The van der Waals surface area contributed by atoms with Gasteiger partial charge in [0.15, 0.2) is 0 Å². The summed E-state index contributed by atoms with van der Waals surface area (Å²) < 4.78 is 44.4. The fraction of sp³-hybridized carbons (Fsp3) is 0.684. The molecule has 2 fully saturated rings. The van der Waals surface area contributed by atoms with Crippen molar-refractivity contribution in [3.05, 3.63) is 23.9 Å². The molecule has 0 aromatic carbocycles. The molecule has 1 amide bonds. The van der Waals surface area contributed by atoms with Crippen molar-refractivity contribution in [3.8, 4) is 0 Å². The molecule has 0 spiro atoms. The van der Waals surface area contributed by atoms with Gasteiger partial charge in [-0.05, 0) is 38.3 Å². The SMILES string of the molecule is CCOC[C@]1(C(=O)N2CCN(c3cc(C(F)(F)F)ccn3)CC2)CCC(N)C1. The van der Waals surface area contributed by atoms with Crippen molar-refractivity contribution in [2.75, 3.05) is 44.3 Å². The first-order valence-corrected chi connectivity index (χ1v) is 9.66. The lowest BCUT2D eigenvalue weighted by Gasteiger charge is -2.40. The number of pyridine rings is 1. The van der Waals surface area contributed by atoms with Gasteiger partial charge in [-0.3, -0.25) is 4.79 Å². The Balaban J connectivity index is 1.65. The fourth-order valence-electron chi connectivity index (χ4n) is 4.09. The van der Waals surface area contributed by atoms with Crippen molar-refractivity contribution in [2.45, 2.75) is 38.4 Å². The molecule has 1 unspecified atom stereocenters. The molecule has 1 aliphatic heterocycles. The van der Waals surface area contributed by atoms with E-state index in [1.807, 2.05) is 6.92 Å². The summed E-state index contributed by atoms with van der Waals surface area (Å²) in [5.74, 6) is 0.333. The molecule has 3 rings (SSSR count). The lowest BCUT2D eigenvalue weighted by atomic mass is 9.84. The Morgan fingerprint density at radius 2 is 2.07 bits per heavy atom. The molecule has 1 aromatic rings. The molecule has 1 aromatic heterocycles. The van der Waals surface area contributed by atoms with Crippen LogP contribution in [0.5, 0.6) is 0 Å². The normalized spacial score (nSPS) is 26.0. The molecule has 2 atom stereocenters. The monoisotopic (exact) mass is 400 g/mol. The molecule has 2 aliphatic rings. The first-order valence-electron chi connectivity index (χ1n) is 9.66. The maximum Gasteiger partial charge on any atom is 0.416 e. The Bertz CT molecular complexity index is 692. The van der Waals surface area contributed by atoms with E-state index < -0.39 is 17.2 Å². The fourth-order valence-corrected chi connectivity index (χ4v) is 4.09. The number of nitrogens with two attached hydrogens (primary N) is 1. The number of halogens is 3. The zero-order valence-electron chi connectivity index (χ0n) is 16.0. The second-order valence-electron chi connectivity index (χ2n) is 7.60. The van der Waals surface area contributed by atoms with E-state index in [2.05, 4.69) is 4.98 Å². The zero-order chi connectivity index (χ0) is 20.4. The van der Waals surface area contributed by atoms with Crippen molar-refractivity contribution in [1.82, 2.24) is 9.88 Å². The minimum Gasteiger partial charge on any atom is -0.381 e. The molecule has 0 bridgehead atoms. The van der Waals surface area contributed by atoms with E-state index in [-0.39, 0.29) is 17.8 Å². The zero-order valence-corrected chi connectivity index (χ0v) is 16.0. The van der Waals surface area contributed by atoms with E-state index in [1.165, 1.54) is 6.20 Å². The number of hydrogen-bond donors (Lipinski definition) is 1. The highest BCUT2D eigenvalue weighted by molar-refractivity contribution is 5.83. The summed E-state index contributed by atoms with van der Waals surface area (Å²) >= 11 is 0. The summed E-state index contributed by atoms with van der Waals surface area (Å²) in [5.41, 5.74) is 4.77. The molecular weight excluding hydrogens is 373 g/mol. The maximum absolute atomic E-state index is 13.2. The number of amides is 1. The second kappa shape index (κ2) is 8.24. The molecule has 9 heteroatoms. The van der Waals surface area contributed by atoms with E-state index in [1.54, 1.807) is 9.80 Å². The molecule has 2 N–H and O–H groups in total. The number of alkyl halides is 3. The van der Waals surface area contributed by atoms with Gasteiger partial charge >= 0.3 is 6.18 Å². The van der Waals surface area contributed by atoms with Crippen molar-refractivity contribution < 1.29 is 22.7 Å². The van der Waals surface area contributed by atoms with Crippen LogP contribution in [0.1, 0.15) is 31.7 Å². The smallest absolute Gasteiger partial charge is 0.381 e. The molecular formula is C19H27F3N4O2. The summed E-state index contributed by atoms with van der Waals surface area (Å²) in [6, 6.07) is 2.02. The van der Waals surface area contributed by atoms with E-state index >= 15 is 0 Å². The first kappa shape index (κ1) is 20.9. The van der Waals surface area contributed by atoms with Crippen LogP contribution >= 0.6 is 0 Å². The number of rotatable bonds is 5. The molecule has 1 aliphatic carbocycles. The number of piperazine rings is 1. The number of carbonyl (C=O) groups is 1. The van der Waals surface area contributed by atoms with Crippen molar-refractivity contribution in [2.24, 2.45) is 11.1 Å². The minimum atomic E-state index is -4.40. The number of anilines is 1. The lowest BCUT2D eigenvalue weighted by Crippen LogP contribution is -2.54. The van der Waals surface area contributed by atoms with Crippen LogP contribution in [0.2, 0.25) is 0 Å². The molecule has 6 nitrogen and oxygen atoms in total. The third-order valence-corrected chi connectivity index (χ3v) is 5.65. The third-order valence-electron chi connectivity index (χ3n) is 5.65. The Kier molecular flexibility index (Phi) is 6.14. The number of carbonyl (C=O) groups excluding carboxylic acids is 1. The van der Waals surface area contributed by atoms with Crippen LogP contribution in [0.15, 0.2) is 18.3 Å². The van der Waals surface area contributed by atoms with Gasteiger partial charge in [0, 0.05) is 45.0 Å². The molecule has 28 heavy (non-hydrogen) atoms. The van der Waals surface area contributed by atoms with Gasteiger partial charge in [0.05, 0.1) is 17.6 Å². The van der Waals surface area contributed by atoms with Crippen LogP contribution < -0.4 is 10.6 Å². The van der Waals surface area contributed by atoms with Gasteiger partial charge < -0.3 is 20.3 Å². The average molecular weight is 400 g/mol. The standard InChI is InChI=1S/C19H27F3N4O2/c1-2-28-13-18(5-3-15(23)12-18)17(27)26-9-7-25(8-10-26)16-11-14(4-6-24-16)19(20,21)22/h4,6,11,15H,2-3,5,7-10,12-13,23H2,1H3/t15?,18-/m0/s1. The summed E-state index contributed by atoms with van der Waals surface area (Å²) in [6.07, 6.45) is -1.11. The highest BCUT2D eigenvalue weighted by Crippen LogP contribution is 2.40. The van der Waals surface area contributed by atoms with E-state index in [9.17, 15) is 18.0 Å². The summed E-state index contributed by atoms with van der Waals surface area (Å²) in [5, 5.41) is 0. The average Bonchev–Trinajstić information content (AvgIpc) is 3.07. The van der Waals surface area contributed by atoms with E-state index in [0.29, 0.717) is 52.2 Å². The maximum atomic E-state index is 13.2. The molecule has 2 heterocycles. The third kappa shape index (κ3) is 4.41. The number of ether oxygens (including phenoxy) is 1. The van der Waals surface area contributed by atoms with Crippen LogP contribution in [0.3, 0.4) is 0 Å². The number of hydrogen-bond acceptors (Lipinski definition) is 5. The Morgan fingerprint density at radius 3 is 2.64 bits per heavy atom. The van der Waals surface area contributed by atoms with Crippen LogP contribution in [0.25, 0.3) is 0 Å². The van der Waals surface area contributed by atoms with Crippen LogP contribution in [0, 0.1) is 5.41 Å². The number of nitrogens with zero attached hydrogens (tertiary/aromatic N) is 3. The van der Waals surface area contributed by atoms with Crippen LogP contribution in [-0.4, -0.2) is 61.2 Å². The van der Waals surface area contributed by atoms with Crippen LogP contribution in [-0.2, 0) is 15.7 Å². The van der Waals surface area contributed by atoms with E-state index in [0.717, 1.165) is 18.6 Å². The largest absolute Gasteiger partial charge is 0.416 e. The van der Waals surface area contributed by atoms with Crippen molar-refractivity contribution >= 4 is 11.7 Å². The molecule has 1 saturated heterocycles. The molecule has 156 valence electrons. The quantitative estimate of drug-likeness (QED) is 0.821. The van der Waals surface area contributed by atoms with Crippen molar-refractivity contribution in [1.29, 1.82) is 0 Å². The Hall–Kier alpha value is -1.87. The number of aromatic nitrogens is 1. The van der Waals surface area contributed by atoms with Gasteiger partial charge in [-0.25, -0.2) is 4.98 Å². The Morgan fingerprint density at radius 1 is 1.36 bits per heavy atom. The van der Waals surface area contributed by atoms with Crippen LogP contribution in [0.4, 0.5) is 19.0 Å². The predicted molar refractivity (Wildman–Crippen MR) is 98.8 cm³/mol. The molecule has 0 radical (unpaired) electrons. The van der Waals surface area contributed by atoms with E-state index in [4.69, 9.17) is 10.5 Å².